The number of ether oxygens (including phenoxy) is 1. The number of hydrogen-bond donors (Lipinski definition) is 1. The largest absolute Gasteiger partial charge is 0.484 e. The lowest BCUT2D eigenvalue weighted by molar-refractivity contribution is -0.124. The number of rotatable bonds is 5. The summed E-state index contributed by atoms with van der Waals surface area (Å²) >= 11 is 5.81. The highest BCUT2D eigenvalue weighted by Gasteiger charge is 2.42. The van der Waals surface area contributed by atoms with Crippen LogP contribution in [-0.4, -0.2) is 18.6 Å². The van der Waals surface area contributed by atoms with Crippen molar-refractivity contribution in [2.75, 3.05) is 6.61 Å². The molecule has 0 spiro atoms. The molecule has 3 rings (SSSR count). The van der Waals surface area contributed by atoms with Gasteiger partial charge in [0, 0.05) is 11.1 Å². The predicted octanol–water partition coefficient (Wildman–Crippen LogP) is 3.66. The highest BCUT2D eigenvalue weighted by atomic mass is 35.5. The maximum atomic E-state index is 12.0. The maximum Gasteiger partial charge on any atom is 0.258 e. The first-order valence-electron chi connectivity index (χ1n) is 7.79. The zero-order chi connectivity index (χ0) is 14.8. The van der Waals surface area contributed by atoms with Crippen LogP contribution in [0.3, 0.4) is 0 Å². The molecule has 4 heteroatoms. The Morgan fingerprint density at radius 1 is 1.33 bits per heavy atom. The highest BCUT2D eigenvalue weighted by Crippen LogP contribution is 2.49. The van der Waals surface area contributed by atoms with E-state index in [0.717, 1.165) is 11.8 Å². The van der Waals surface area contributed by atoms with Crippen LogP contribution in [0.1, 0.15) is 32.6 Å². The molecule has 4 atom stereocenters. The van der Waals surface area contributed by atoms with E-state index < -0.39 is 0 Å². The minimum Gasteiger partial charge on any atom is -0.484 e. The second-order valence-corrected chi connectivity index (χ2v) is 6.87. The number of carbonyl (C=O) groups excluding carboxylic acids is 1. The number of fused-ring (bicyclic) bond motifs is 2. The van der Waals surface area contributed by atoms with Gasteiger partial charge in [0.15, 0.2) is 6.61 Å². The zero-order valence-corrected chi connectivity index (χ0v) is 13.1. The van der Waals surface area contributed by atoms with Crippen LogP contribution in [0.25, 0.3) is 0 Å². The van der Waals surface area contributed by atoms with Gasteiger partial charge in [0.05, 0.1) is 0 Å². The minimum atomic E-state index is -0.0415. The molecule has 0 saturated heterocycles. The van der Waals surface area contributed by atoms with E-state index in [1.807, 2.05) is 0 Å². The van der Waals surface area contributed by atoms with Crippen LogP contribution in [0.2, 0.25) is 5.02 Å². The summed E-state index contributed by atoms with van der Waals surface area (Å²) in [5.41, 5.74) is 0. The minimum absolute atomic E-state index is 0.0415. The van der Waals surface area contributed by atoms with Gasteiger partial charge in [0.25, 0.3) is 5.91 Å². The van der Waals surface area contributed by atoms with Crippen molar-refractivity contribution < 1.29 is 9.53 Å². The van der Waals surface area contributed by atoms with Crippen molar-refractivity contribution in [3.05, 3.63) is 29.3 Å². The van der Waals surface area contributed by atoms with Gasteiger partial charge in [0.2, 0.25) is 0 Å². The number of nitrogens with one attached hydrogen (secondary N) is 1. The molecule has 2 aliphatic carbocycles. The summed E-state index contributed by atoms with van der Waals surface area (Å²) in [6, 6.07) is 7.31. The Hall–Kier alpha value is -1.22. The van der Waals surface area contributed by atoms with Gasteiger partial charge in [-0.15, -0.1) is 0 Å². The Morgan fingerprint density at radius 3 is 2.71 bits per heavy atom. The molecular formula is C17H22ClNO2. The van der Waals surface area contributed by atoms with Gasteiger partial charge in [-0.05, 0) is 68.2 Å². The van der Waals surface area contributed by atoms with E-state index in [-0.39, 0.29) is 18.6 Å². The Balaban J connectivity index is 1.44. The standard InChI is InChI=1S/C17H22ClNO2/c1-11(16-9-12-2-3-13(16)8-12)19-17(20)10-21-15-6-4-14(18)5-7-15/h4-7,11-13,16H,2-3,8-10H2,1H3,(H,19,20)/t11-,12-,13-,16+/m0/s1. The van der Waals surface area contributed by atoms with E-state index >= 15 is 0 Å². The van der Waals surface area contributed by atoms with Crippen molar-refractivity contribution in [3.8, 4) is 5.75 Å². The fourth-order valence-electron chi connectivity index (χ4n) is 3.99. The fourth-order valence-corrected chi connectivity index (χ4v) is 4.11. The SMILES string of the molecule is C[C@H](NC(=O)COc1ccc(Cl)cc1)[C@H]1C[C@H]2CC[C@H]1C2. The number of hydrogen-bond acceptors (Lipinski definition) is 2. The van der Waals surface area contributed by atoms with Crippen molar-refractivity contribution in [2.24, 2.45) is 17.8 Å². The average Bonchev–Trinajstić information content (AvgIpc) is 3.09. The van der Waals surface area contributed by atoms with E-state index in [9.17, 15) is 4.79 Å². The van der Waals surface area contributed by atoms with Crippen LogP contribution in [0, 0.1) is 17.8 Å². The Labute approximate surface area is 131 Å². The third-order valence-electron chi connectivity index (χ3n) is 5.01. The van der Waals surface area contributed by atoms with Gasteiger partial charge in [-0.1, -0.05) is 18.0 Å². The van der Waals surface area contributed by atoms with Crippen LogP contribution < -0.4 is 10.1 Å². The van der Waals surface area contributed by atoms with Crippen molar-refractivity contribution >= 4 is 17.5 Å². The zero-order valence-electron chi connectivity index (χ0n) is 12.3. The molecule has 0 heterocycles. The summed E-state index contributed by atoms with van der Waals surface area (Å²) in [5, 5.41) is 3.76. The molecule has 0 aliphatic heterocycles. The number of amides is 1. The van der Waals surface area contributed by atoms with E-state index in [1.54, 1.807) is 24.3 Å². The van der Waals surface area contributed by atoms with Crippen LogP contribution in [0.4, 0.5) is 0 Å². The third-order valence-corrected chi connectivity index (χ3v) is 5.26. The summed E-state index contributed by atoms with van der Waals surface area (Å²) in [5.74, 6) is 3.01. The first kappa shape index (κ1) is 14.7. The Morgan fingerprint density at radius 2 is 2.10 bits per heavy atom. The summed E-state index contributed by atoms with van der Waals surface area (Å²) in [4.78, 5) is 12.0. The normalized spacial score (nSPS) is 28.4. The Bertz CT molecular complexity index is 502. The molecule has 2 bridgehead atoms. The molecule has 1 aromatic rings. The van der Waals surface area contributed by atoms with E-state index in [4.69, 9.17) is 16.3 Å². The van der Waals surface area contributed by atoms with E-state index in [0.29, 0.717) is 16.7 Å². The summed E-state index contributed by atoms with van der Waals surface area (Å²) in [7, 11) is 0. The Kier molecular flexibility index (Phi) is 4.39. The second kappa shape index (κ2) is 6.27. The average molecular weight is 308 g/mol. The van der Waals surface area contributed by atoms with Crippen molar-refractivity contribution in [3.63, 3.8) is 0 Å². The van der Waals surface area contributed by atoms with Crippen LogP contribution in [0.5, 0.6) is 5.75 Å². The number of benzene rings is 1. The van der Waals surface area contributed by atoms with Crippen LogP contribution in [0.15, 0.2) is 24.3 Å². The van der Waals surface area contributed by atoms with Crippen LogP contribution >= 0.6 is 11.6 Å². The van der Waals surface area contributed by atoms with Gasteiger partial charge in [-0.3, -0.25) is 4.79 Å². The number of halogens is 1. The summed E-state index contributed by atoms with van der Waals surface area (Å²) in [6.45, 7) is 2.19. The third kappa shape index (κ3) is 3.52. The molecule has 1 N–H and O–H groups in total. The highest BCUT2D eigenvalue weighted by molar-refractivity contribution is 6.30. The van der Waals surface area contributed by atoms with E-state index in [1.165, 1.54) is 25.7 Å². The lowest BCUT2D eigenvalue weighted by atomic mass is 9.84. The van der Waals surface area contributed by atoms with Gasteiger partial charge in [-0.25, -0.2) is 0 Å². The molecule has 2 aliphatic rings. The van der Waals surface area contributed by atoms with Crippen molar-refractivity contribution in [2.45, 2.75) is 38.6 Å². The molecule has 3 nitrogen and oxygen atoms in total. The van der Waals surface area contributed by atoms with Gasteiger partial charge in [-0.2, -0.15) is 0 Å². The first-order valence-corrected chi connectivity index (χ1v) is 8.17. The molecule has 2 saturated carbocycles. The topological polar surface area (TPSA) is 38.3 Å². The molecule has 0 aromatic heterocycles. The summed E-state index contributed by atoms with van der Waals surface area (Å²) in [6.07, 6.45) is 5.38. The molecule has 1 amide bonds. The molecular weight excluding hydrogens is 286 g/mol. The fraction of sp³-hybridized carbons (Fsp3) is 0.588. The maximum absolute atomic E-state index is 12.0. The monoisotopic (exact) mass is 307 g/mol. The van der Waals surface area contributed by atoms with Crippen molar-refractivity contribution in [1.29, 1.82) is 0 Å². The van der Waals surface area contributed by atoms with Crippen molar-refractivity contribution in [1.82, 2.24) is 5.32 Å². The lowest BCUT2D eigenvalue weighted by Crippen LogP contribution is -2.42. The molecule has 114 valence electrons. The number of carbonyl (C=O) groups is 1. The quantitative estimate of drug-likeness (QED) is 0.901. The predicted molar refractivity (Wildman–Crippen MR) is 83.5 cm³/mol. The smallest absolute Gasteiger partial charge is 0.258 e. The van der Waals surface area contributed by atoms with Crippen LogP contribution in [-0.2, 0) is 4.79 Å². The molecule has 21 heavy (non-hydrogen) atoms. The lowest BCUT2D eigenvalue weighted by Gasteiger charge is -2.28. The van der Waals surface area contributed by atoms with E-state index in [2.05, 4.69) is 12.2 Å². The molecule has 0 unspecified atom stereocenters. The summed E-state index contributed by atoms with van der Waals surface area (Å²) < 4.78 is 5.48. The second-order valence-electron chi connectivity index (χ2n) is 6.44. The first-order chi connectivity index (χ1) is 10.1. The molecule has 2 fully saturated rings. The molecule has 1 aromatic carbocycles. The molecule has 0 radical (unpaired) electrons. The van der Waals surface area contributed by atoms with Gasteiger partial charge < -0.3 is 10.1 Å². The van der Waals surface area contributed by atoms with Gasteiger partial charge in [0.1, 0.15) is 5.75 Å². The van der Waals surface area contributed by atoms with Gasteiger partial charge >= 0.3 is 0 Å².